The van der Waals surface area contributed by atoms with Gasteiger partial charge in [0.05, 0.1) is 23.3 Å². The SMILES string of the molecule is C[C@H]1CCCCN1Cc1c(O)c(CN2CCCC[C@@H]2C)c2occ(-c3ccc(O[C@@H]4O[C@H](CO)[C@@H](O)[C@H](O)[C@H]4O)cc3)c(=O)c2c1O. The van der Waals surface area contributed by atoms with E-state index in [1.54, 1.807) is 24.3 Å². The predicted octanol–water partition coefficient (Wildman–Crippen LogP) is 2.80. The highest BCUT2D eigenvalue weighted by atomic mass is 16.7. The summed E-state index contributed by atoms with van der Waals surface area (Å²) in [7, 11) is 0. The zero-order valence-electron chi connectivity index (χ0n) is 26.9. The fraction of sp³-hybridized carbons (Fsp3) is 0.571. The summed E-state index contributed by atoms with van der Waals surface area (Å²) in [6, 6.07) is 6.89. The molecular formula is C35H46N2O10. The minimum absolute atomic E-state index is 0.0290. The average Bonchev–Trinajstić information content (AvgIpc) is 3.07. The first kappa shape index (κ1) is 33.7. The van der Waals surface area contributed by atoms with Crippen LogP contribution in [0.4, 0.5) is 0 Å². The fourth-order valence-corrected chi connectivity index (χ4v) is 7.16. The van der Waals surface area contributed by atoms with Crippen LogP contribution in [0.5, 0.6) is 17.2 Å². The summed E-state index contributed by atoms with van der Waals surface area (Å²) in [5, 5.41) is 63.3. The number of ether oxygens (including phenoxy) is 2. The number of likely N-dealkylation sites (tertiary alicyclic amines) is 2. The van der Waals surface area contributed by atoms with Gasteiger partial charge in [-0.1, -0.05) is 25.0 Å². The van der Waals surface area contributed by atoms with Gasteiger partial charge in [-0.3, -0.25) is 14.6 Å². The quantitative estimate of drug-likeness (QED) is 0.210. The number of aliphatic hydroxyl groups is 4. The van der Waals surface area contributed by atoms with Gasteiger partial charge in [0.25, 0.3) is 0 Å². The van der Waals surface area contributed by atoms with Crippen molar-refractivity contribution >= 4 is 11.0 Å². The summed E-state index contributed by atoms with van der Waals surface area (Å²) in [5.74, 6) is -0.0630. The summed E-state index contributed by atoms with van der Waals surface area (Å²) < 4.78 is 17.2. The highest BCUT2D eigenvalue weighted by molar-refractivity contribution is 5.92. The van der Waals surface area contributed by atoms with Gasteiger partial charge >= 0.3 is 0 Å². The monoisotopic (exact) mass is 654 g/mol. The molecule has 4 heterocycles. The third-order valence-electron chi connectivity index (χ3n) is 10.2. The molecule has 2 aromatic carbocycles. The molecule has 0 unspecified atom stereocenters. The summed E-state index contributed by atoms with van der Waals surface area (Å²) >= 11 is 0. The van der Waals surface area contributed by atoms with Gasteiger partial charge in [0.15, 0.2) is 0 Å². The highest BCUT2D eigenvalue weighted by Crippen LogP contribution is 2.42. The maximum absolute atomic E-state index is 14.2. The molecule has 3 aliphatic rings. The molecule has 3 aromatic rings. The van der Waals surface area contributed by atoms with Crippen LogP contribution in [-0.4, -0.2) is 103 Å². The van der Waals surface area contributed by atoms with Gasteiger partial charge in [0.1, 0.15) is 58.9 Å². The Morgan fingerprint density at radius 3 is 2.04 bits per heavy atom. The van der Waals surface area contributed by atoms with Crippen LogP contribution < -0.4 is 10.2 Å². The Bertz CT molecular complexity index is 1610. The van der Waals surface area contributed by atoms with Crippen molar-refractivity contribution in [1.82, 2.24) is 9.80 Å². The van der Waals surface area contributed by atoms with Crippen LogP contribution in [0.2, 0.25) is 0 Å². The number of rotatable bonds is 8. The number of hydrogen-bond acceptors (Lipinski definition) is 12. The van der Waals surface area contributed by atoms with Crippen LogP contribution in [-0.2, 0) is 17.8 Å². The zero-order chi connectivity index (χ0) is 33.4. The summed E-state index contributed by atoms with van der Waals surface area (Å²) in [4.78, 5) is 18.7. The van der Waals surface area contributed by atoms with Crippen LogP contribution >= 0.6 is 0 Å². The van der Waals surface area contributed by atoms with E-state index in [1.165, 1.54) is 6.26 Å². The van der Waals surface area contributed by atoms with E-state index >= 15 is 0 Å². The van der Waals surface area contributed by atoms with Gasteiger partial charge in [0, 0.05) is 25.2 Å². The molecule has 6 N–H and O–H groups in total. The number of nitrogens with zero attached hydrogens (tertiary/aromatic N) is 2. The normalized spacial score (nSPS) is 29.3. The van der Waals surface area contributed by atoms with Crippen LogP contribution in [0.25, 0.3) is 22.1 Å². The van der Waals surface area contributed by atoms with Gasteiger partial charge in [0.2, 0.25) is 11.7 Å². The molecule has 7 atom stereocenters. The van der Waals surface area contributed by atoms with E-state index in [0.717, 1.165) is 51.6 Å². The molecule has 6 rings (SSSR count). The van der Waals surface area contributed by atoms with E-state index in [0.29, 0.717) is 35.8 Å². The second-order valence-corrected chi connectivity index (χ2v) is 13.3. The Morgan fingerprint density at radius 2 is 1.45 bits per heavy atom. The molecule has 256 valence electrons. The van der Waals surface area contributed by atoms with Crippen LogP contribution in [0.1, 0.15) is 63.5 Å². The maximum Gasteiger partial charge on any atom is 0.229 e. The van der Waals surface area contributed by atoms with Crippen molar-refractivity contribution in [3.8, 4) is 28.4 Å². The lowest BCUT2D eigenvalue weighted by atomic mass is 9.96. The molecule has 0 bridgehead atoms. The maximum atomic E-state index is 14.2. The zero-order valence-corrected chi connectivity index (χ0v) is 26.9. The number of benzene rings is 2. The molecule has 3 saturated heterocycles. The van der Waals surface area contributed by atoms with E-state index in [2.05, 4.69) is 23.6 Å². The average molecular weight is 655 g/mol. The second kappa shape index (κ2) is 14.1. The molecule has 1 aromatic heterocycles. The van der Waals surface area contributed by atoms with Crippen molar-refractivity contribution in [3.05, 3.63) is 51.9 Å². The Balaban J connectivity index is 1.36. The van der Waals surface area contributed by atoms with Crippen molar-refractivity contribution in [2.45, 2.75) is 108 Å². The van der Waals surface area contributed by atoms with Crippen molar-refractivity contribution < 1.29 is 44.5 Å². The van der Waals surface area contributed by atoms with Gasteiger partial charge < -0.3 is 44.5 Å². The minimum Gasteiger partial charge on any atom is -0.507 e. The van der Waals surface area contributed by atoms with E-state index in [9.17, 15) is 35.4 Å². The number of piperidine rings is 2. The van der Waals surface area contributed by atoms with Crippen LogP contribution in [0.3, 0.4) is 0 Å². The first-order chi connectivity index (χ1) is 22.6. The topological polar surface area (TPSA) is 177 Å². The molecule has 3 aliphatic heterocycles. The van der Waals surface area contributed by atoms with Crippen molar-refractivity contribution in [2.75, 3.05) is 19.7 Å². The number of hydrogen-bond donors (Lipinski definition) is 6. The number of aromatic hydroxyl groups is 2. The lowest BCUT2D eigenvalue weighted by Gasteiger charge is -2.39. The molecule has 0 amide bonds. The molecule has 0 spiro atoms. The molecule has 3 fully saturated rings. The number of aliphatic hydroxyl groups excluding tert-OH is 4. The second-order valence-electron chi connectivity index (χ2n) is 13.3. The van der Waals surface area contributed by atoms with E-state index in [-0.39, 0.29) is 39.8 Å². The van der Waals surface area contributed by atoms with Gasteiger partial charge in [-0.05, 0) is 70.3 Å². The molecule has 0 aliphatic carbocycles. The van der Waals surface area contributed by atoms with E-state index in [4.69, 9.17) is 13.9 Å². The lowest BCUT2D eigenvalue weighted by Crippen LogP contribution is -2.60. The van der Waals surface area contributed by atoms with Crippen molar-refractivity contribution in [2.24, 2.45) is 0 Å². The van der Waals surface area contributed by atoms with Crippen LogP contribution in [0.15, 0.2) is 39.7 Å². The molecular weight excluding hydrogens is 608 g/mol. The molecule has 12 nitrogen and oxygen atoms in total. The van der Waals surface area contributed by atoms with E-state index in [1.807, 2.05) is 0 Å². The largest absolute Gasteiger partial charge is 0.507 e. The third-order valence-corrected chi connectivity index (χ3v) is 10.2. The van der Waals surface area contributed by atoms with Gasteiger partial charge in [-0.2, -0.15) is 0 Å². The van der Waals surface area contributed by atoms with Crippen molar-refractivity contribution in [3.63, 3.8) is 0 Å². The Labute approximate surface area is 273 Å². The first-order valence-electron chi connectivity index (χ1n) is 16.7. The smallest absolute Gasteiger partial charge is 0.229 e. The Hall–Kier alpha value is -3.23. The molecule has 0 radical (unpaired) electrons. The predicted molar refractivity (Wildman–Crippen MR) is 173 cm³/mol. The Morgan fingerprint density at radius 1 is 0.830 bits per heavy atom. The lowest BCUT2D eigenvalue weighted by molar-refractivity contribution is -0.277. The summed E-state index contributed by atoms with van der Waals surface area (Å²) in [6.45, 7) is 6.12. The third kappa shape index (κ3) is 6.60. The molecule has 12 heteroatoms. The van der Waals surface area contributed by atoms with Crippen LogP contribution in [0, 0.1) is 0 Å². The standard InChI is InChI=1S/C35H46N2O10/c1-19-7-3-5-13-36(19)15-23-28(39)24(16-37-14-6-4-8-20(37)2)34-27(29(23)40)30(41)25(18-45-34)21-9-11-22(12-10-21)46-35-33(44)32(43)31(42)26(17-38)47-35/h9-12,18-20,26,31-33,35,38-40,42-44H,3-8,13-17H2,1-2H3/t19-,20-,26+,31+,32-,33+,35+/m0/s1. The molecule has 47 heavy (non-hydrogen) atoms. The van der Waals surface area contributed by atoms with Gasteiger partial charge in [-0.15, -0.1) is 0 Å². The van der Waals surface area contributed by atoms with E-state index < -0.39 is 42.7 Å². The highest BCUT2D eigenvalue weighted by Gasteiger charge is 2.44. The van der Waals surface area contributed by atoms with Crippen molar-refractivity contribution in [1.29, 1.82) is 0 Å². The number of phenolic OH excluding ortho intramolecular Hbond substituents is 2. The Kier molecular flexibility index (Phi) is 10.1. The number of phenols is 2. The number of fused-ring (bicyclic) bond motifs is 1. The molecule has 0 saturated carbocycles. The first-order valence-corrected chi connectivity index (χ1v) is 16.7. The summed E-state index contributed by atoms with van der Waals surface area (Å²) in [5.41, 5.74) is 1.24. The minimum atomic E-state index is -1.58. The fourth-order valence-electron chi connectivity index (χ4n) is 7.16. The van der Waals surface area contributed by atoms with Gasteiger partial charge in [-0.25, -0.2) is 0 Å². The summed E-state index contributed by atoms with van der Waals surface area (Å²) in [6.07, 6.45) is 0.634.